The molecule has 0 amide bonds. The predicted molar refractivity (Wildman–Crippen MR) is 58.5 cm³/mol. The zero-order valence-corrected chi connectivity index (χ0v) is 8.99. The van der Waals surface area contributed by atoms with Crippen molar-refractivity contribution in [2.45, 2.75) is 6.92 Å². The Labute approximate surface area is 92.9 Å². The number of hydrogen-bond acceptors (Lipinski definition) is 2. The Morgan fingerprint density at radius 1 is 1.60 bits per heavy atom. The molecule has 0 bridgehead atoms. The van der Waals surface area contributed by atoms with E-state index >= 15 is 0 Å². The van der Waals surface area contributed by atoms with Crippen molar-refractivity contribution in [2.75, 3.05) is 6.61 Å². The highest BCUT2D eigenvalue weighted by molar-refractivity contribution is 6.32. The topological polar surface area (TPSA) is 46.5 Å². The van der Waals surface area contributed by atoms with E-state index in [0.717, 1.165) is 11.6 Å². The van der Waals surface area contributed by atoms with Crippen LogP contribution < -0.4 is 4.74 Å². The van der Waals surface area contributed by atoms with Gasteiger partial charge in [0.1, 0.15) is 12.4 Å². The molecular weight excluding hydrogens is 216 g/mol. The molecule has 0 aliphatic heterocycles. The predicted octanol–water partition coefficient (Wildman–Crippen LogP) is 2.67. The van der Waals surface area contributed by atoms with Crippen molar-refractivity contribution in [3.63, 3.8) is 0 Å². The first-order valence-corrected chi connectivity index (χ1v) is 4.76. The molecule has 0 radical (unpaired) electrons. The molecule has 1 aromatic carbocycles. The summed E-state index contributed by atoms with van der Waals surface area (Å²) in [5, 5.41) is 8.86. The number of aryl methyl sites for hydroxylation is 1. The number of halogens is 1. The number of hydrogen-bond donors (Lipinski definition) is 1. The van der Waals surface area contributed by atoms with Gasteiger partial charge < -0.3 is 9.84 Å². The number of aliphatic carboxylic acids is 1. The van der Waals surface area contributed by atoms with Gasteiger partial charge in [-0.2, -0.15) is 0 Å². The summed E-state index contributed by atoms with van der Waals surface area (Å²) in [5.41, 5.74) is 1.05. The molecule has 1 rings (SSSR count). The largest absolute Gasteiger partial charge is 0.488 e. The second-order valence-electron chi connectivity index (χ2n) is 2.99. The number of carbonyl (C=O) groups is 1. The van der Waals surface area contributed by atoms with Crippen LogP contribution in [0, 0.1) is 6.92 Å². The van der Waals surface area contributed by atoms with E-state index in [1.54, 1.807) is 12.1 Å². The van der Waals surface area contributed by atoms with E-state index in [4.69, 9.17) is 21.4 Å². The molecule has 0 saturated heterocycles. The fraction of sp³-hybridized carbons (Fsp3) is 0.182. The summed E-state index contributed by atoms with van der Waals surface area (Å²) in [6.07, 6.45) is 2.45. The lowest BCUT2D eigenvalue weighted by Crippen LogP contribution is -1.96. The average molecular weight is 227 g/mol. The van der Waals surface area contributed by atoms with Crippen molar-refractivity contribution >= 4 is 17.6 Å². The molecule has 0 fully saturated rings. The van der Waals surface area contributed by atoms with E-state index in [2.05, 4.69) is 0 Å². The molecule has 3 nitrogen and oxygen atoms in total. The maximum absolute atomic E-state index is 10.2. The highest BCUT2D eigenvalue weighted by atomic mass is 35.5. The minimum absolute atomic E-state index is 0.190. The molecule has 1 N–H and O–H groups in total. The van der Waals surface area contributed by atoms with Gasteiger partial charge in [-0.05, 0) is 30.7 Å². The van der Waals surface area contributed by atoms with Gasteiger partial charge in [-0.3, -0.25) is 0 Å². The molecule has 0 aromatic heterocycles. The highest BCUT2D eigenvalue weighted by Crippen LogP contribution is 2.24. The van der Waals surface area contributed by atoms with Crippen LogP contribution >= 0.6 is 11.6 Å². The molecule has 0 spiro atoms. The van der Waals surface area contributed by atoms with Crippen molar-refractivity contribution in [3.8, 4) is 5.75 Å². The van der Waals surface area contributed by atoms with Gasteiger partial charge in [0.2, 0.25) is 0 Å². The summed E-state index contributed by atoms with van der Waals surface area (Å²) in [5.74, 6) is -0.439. The molecule has 0 aliphatic rings. The maximum Gasteiger partial charge on any atom is 0.328 e. The van der Waals surface area contributed by atoms with Crippen LogP contribution in [0.15, 0.2) is 30.4 Å². The summed E-state index contributed by atoms with van der Waals surface area (Å²) in [6.45, 7) is 2.12. The summed E-state index contributed by atoms with van der Waals surface area (Å²) in [6, 6.07) is 5.42. The molecule has 4 heteroatoms. The van der Waals surface area contributed by atoms with Crippen molar-refractivity contribution in [1.29, 1.82) is 0 Å². The van der Waals surface area contributed by atoms with E-state index in [1.165, 1.54) is 6.08 Å². The second-order valence-corrected chi connectivity index (χ2v) is 3.39. The fourth-order valence-electron chi connectivity index (χ4n) is 1.01. The van der Waals surface area contributed by atoms with E-state index in [0.29, 0.717) is 10.8 Å². The van der Waals surface area contributed by atoms with Crippen LogP contribution in [-0.4, -0.2) is 17.7 Å². The van der Waals surface area contributed by atoms with E-state index in [1.807, 2.05) is 13.0 Å². The lowest BCUT2D eigenvalue weighted by molar-refractivity contribution is -0.131. The van der Waals surface area contributed by atoms with Gasteiger partial charge in [-0.1, -0.05) is 17.7 Å². The second kappa shape index (κ2) is 5.41. The van der Waals surface area contributed by atoms with E-state index in [-0.39, 0.29) is 6.61 Å². The van der Waals surface area contributed by atoms with Gasteiger partial charge >= 0.3 is 5.97 Å². The van der Waals surface area contributed by atoms with Gasteiger partial charge in [0.15, 0.2) is 0 Å². The van der Waals surface area contributed by atoms with Crippen LogP contribution in [0.2, 0.25) is 5.02 Å². The normalized spacial score (nSPS) is 10.5. The quantitative estimate of drug-likeness (QED) is 0.803. The molecule has 0 heterocycles. The number of ether oxygens (including phenoxy) is 1. The Kier molecular flexibility index (Phi) is 4.18. The number of carboxylic acid groups (broad SMARTS) is 1. The molecule has 80 valence electrons. The zero-order chi connectivity index (χ0) is 11.3. The Balaban J connectivity index is 2.54. The van der Waals surface area contributed by atoms with Crippen LogP contribution in [0.4, 0.5) is 0 Å². The first kappa shape index (κ1) is 11.6. The lowest BCUT2D eigenvalue weighted by atomic mass is 10.2. The highest BCUT2D eigenvalue weighted by Gasteiger charge is 1.99. The van der Waals surface area contributed by atoms with Crippen molar-refractivity contribution < 1.29 is 14.6 Å². The zero-order valence-electron chi connectivity index (χ0n) is 8.24. The van der Waals surface area contributed by atoms with E-state index < -0.39 is 5.97 Å². The molecule has 0 atom stereocenters. The van der Waals surface area contributed by atoms with Gasteiger partial charge in [-0.25, -0.2) is 4.79 Å². The SMILES string of the molecule is Cc1ccc(OCC=CC(=O)O)c(Cl)c1. The Bertz CT molecular complexity index is 385. The van der Waals surface area contributed by atoms with Crippen molar-refractivity contribution in [1.82, 2.24) is 0 Å². The molecular formula is C11H11ClO3. The molecule has 15 heavy (non-hydrogen) atoms. The average Bonchev–Trinajstić information content (AvgIpc) is 2.14. The summed E-state index contributed by atoms with van der Waals surface area (Å²) in [7, 11) is 0. The Morgan fingerprint density at radius 3 is 2.93 bits per heavy atom. The molecule has 0 aliphatic carbocycles. The van der Waals surface area contributed by atoms with Gasteiger partial charge in [-0.15, -0.1) is 0 Å². The van der Waals surface area contributed by atoms with Crippen LogP contribution in [0.25, 0.3) is 0 Å². The first-order chi connectivity index (χ1) is 7.09. The van der Waals surface area contributed by atoms with E-state index in [9.17, 15) is 4.79 Å². The minimum Gasteiger partial charge on any atom is -0.488 e. The standard InChI is InChI=1S/C11H11ClO3/c1-8-4-5-10(9(12)7-8)15-6-2-3-11(13)14/h2-5,7H,6H2,1H3,(H,13,14). The third-order valence-electron chi connectivity index (χ3n) is 1.68. The van der Waals surface area contributed by atoms with Crippen LogP contribution in [0.3, 0.4) is 0 Å². The first-order valence-electron chi connectivity index (χ1n) is 4.38. The van der Waals surface area contributed by atoms with Crippen LogP contribution in [0.1, 0.15) is 5.56 Å². The third kappa shape index (κ3) is 4.04. The lowest BCUT2D eigenvalue weighted by Gasteiger charge is -2.05. The Hall–Kier alpha value is -1.48. The summed E-state index contributed by atoms with van der Waals surface area (Å²) >= 11 is 5.91. The number of benzene rings is 1. The smallest absolute Gasteiger partial charge is 0.328 e. The molecule has 0 unspecified atom stereocenters. The Morgan fingerprint density at radius 2 is 2.33 bits per heavy atom. The van der Waals surface area contributed by atoms with Gasteiger partial charge in [0.25, 0.3) is 0 Å². The maximum atomic E-state index is 10.2. The summed E-state index contributed by atoms with van der Waals surface area (Å²) in [4.78, 5) is 10.2. The van der Waals surface area contributed by atoms with Gasteiger partial charge in [0.05, 0.1) is 5.02 Å². The van der Waals surface area contributed by atoms with Crippen LogP contribution in [0.5, 0.6) is 5.75 Å². The number of carboxylic acids is 1. The monoisotopic (exact) mass is 226 g/mol. The van der Waals surface area contributed by atoms with Gasteiger partial charge in [0, 0.05) is 6.08 Å². The third-order valence-corrected chi connectivity index (χ3v) is 1.98. The van der Waals surface area contributed by atoms with Crippen molar-refractivity contribution in [2.24, 2.45) is 0 Å². The minimum atomic E-state index is -0.992. The summed E-state index contributed by atoms with van der Waals surface area (Å²) < 4.78 is 5.26. The van der Waals surface area contributed by atoms with Crippen molar-refractivity contribution in [3.05, 3.63) is 40.9 Å². The molecule has 1 aromatic rings. The van der Waals surface area contributed by atoms with Crippen LogP contribution in [-0.2, 0) is 4.79 Å². The molecule has 0 saturated carbocycles. The fourth-order valence-corrected chi connectivity index (χ4v) is 1.30. The number of rotatable bonds is 4.